The molecule has 0 aliphatic carbocycles. The predicted octanol–water partition coefficient (Wildman–Crippen LogP) is 6.27. The first-order valence-corrected chi connectivity index (χ1v) is 14.9. The lowest BCUT2D eigenvalue weighted by Gasteiger charge is -2.24. The highest BCUT2D eigenvalue weighted by Crippen LogP contribution is 2.26. The van der Waals surface area contributed by atoms with Gasteiger partial charge < -0.3 is 0 Å². The van der Waals surface area contributed by atoms with Gasteiger partial charge in [-0.2, -0.15) is 4.31 Å². The van der Waals surface area contributed by atoms with Gasteiger partial charge in [-0.25, -0.2) is 16.8 Å². The van der Waals surface area contributed by atoms with Crippen LogP contribution in [0.3, 0.4) is 0 Å². The van der Waals surface area contributed by atoms with Crippen molar-refractivity contribution < 1.29 is 16.8 Å². The third-order valence-electron chi connectivity index (χ3n) is 6.42. The van der Waals surface area contributed by atoms with Gasteiger partial charge in [-0.1, -0.05) is 80.2 Å². The highest BCUT2D eigenvalue weighted by molar-refractivity contribution is 7.93. The minimum absolute atomic E-state index is 0.0414. The minimum Gasteiger partial charge on any atom is -0.224 e. The molecule has 7 heteroatoms. The molecule has 3 aromatic rings. The largest absolute Gasteiger partial charge is 0.239 e. The molecule has 0 N–H and O–H groups in total. The number of hydrogen-bond donors (Lipinski definition) is 0. The van der Waals surface area contributed by atoms with Gasteiger partial charge in [0, 0.05) is 13.1 Å². The number of allylic oxidation sites excluding steroid dienone is 3. The van der Waals surface area contributed by atoms with Gasteiger partial charge in [-0.3, -0.25) is 0 Å². The third kappa shape index (κ3) is 6.22. The van der Waals surface area contributed by atoms with Crippen molar-refractivity contribution in [1.29, 1.82) is 0 Å². The molecule has 3 rings (SSSR count). The molecule has 36 heavy (non-hydrogen) atoms. The van der Waals surface area contributed by atoms with Crippen LogP contribution in [0.1, 0.15) is 37.5 Å². The van der Waals surface area contributed by atoms with E-state index in [0.29, 0.717) is 10.5 Å². The Morgan fingerprint density at radius 1 is 0.861 bits per heavy atom. The summed E-state index contributed by atoms with van der Waals surface area (Å²) in [5, 5.41) is 0. The zero-order valence-corrected chi connectivity index (χ0v) is 22.9. The van der Waals surface area contributed by atoms with Gasteiger partial charge in [-0.15, -0.1) is 0 Å². The van der Waals surface area contributed by atoms with E-state index in [9.17, 15) is 16.8 Å². The molecule has 0 amide bonds. The van der Waals surface area contributed by atoms with Crippen molar-refractivity contribution in [3.8, 4) is 11.1 Å². The lowest BCUT2D eigenvalue weighted by molar-refractivity contribution is 0.404. The fraction of sp³-hybridized carbons (Fsp3) is 0.241. The van der Waals surface area contributed by atoms with Crippen LogP contribution in [0.25, 0.3) is 11.1 Å². The summed E-state index contributed by atoms with van der Waals surface area (Å²) in [5.41, 5.74) is 5.06. The third-order valence-corrected chi connectivity index (χ3v) is 10.2. The number of hydrogen-bond acceptors (Lipinski definition) is 4. The van der Waals surface area contributed by atoms with E-state index in [-0.39, 0.29) is 23.7 Å². The molecule has 0 fully saturated rings. The Balaban J connectivity index is 1.95. The predicted molar refractivity (Wildman–Crippen MR) is 148 cm³/mol. The normalized spacial score (nSPS) is 12.9. The average molecular weight is 524 g/mol. The Morgan fingerprint density at radius 3 is 2.14 bits per heavy atom. The van der Waals surface area contributed by atoms with E-state index in [1.54, 1.807) is 45.0 Å². The second kappa shape index (κ2) is 11.4. The topological polar surface area (TPSA) is 71.5 Å². The van der Waals surface area contributed by atoms with Crippen LogP contribution in [-0.4, -0.2) is 26.9 Å². The molecule has 0 saturated heterocycles. The van der Waals surface area contributed by atoms with E-state index in [1.807, 2.05) is 61.5 Å². The first kappa shape index (κ1) is 27.6. The van der Waals surface area contributed by atoms with Gasteiger partial charge in [0.05, 0.1) is 15.6 Å². The Bertz CT molecular complexity index is 1490. The van der Waals surface area contributed by atoms with Gasteiger partial charge in [-0.05, 0) is 66.3 Å². The maximum absolute atomic E-state index is 13.6. The highest BCUT2D eigenvalue weighted by Gasteiger charge is 2.26. The number of rotatable bonds is 10. The Morgan fingerprint density at radius 2 is 1.53 bits per heavy atom. The average Bonchev–Trinajstić information content (AvgIpc) is 2.89. The van der Waals surface area contributed by atoms with Crippen LogP contribution < -0.4 is 0 Å². The van der Waals surface area contributed by atoms with E-state index >= 15 is 0 Å². The molecular formula is C29H33NO4S2. The smallest absolute Gasteiger partial charge is 0.224 e. The SMILES string of the molecule is C=CC(C)=C(C)S(=O)(=O)N(Cc1ccc(-c2cccc(S(=O)(=O)CC)c2)cc1)Cc1ccccc1C. The summed E-state index contributed by atoms with van der Waals surface area (Å²) in [6.07, 6.45) is 1.56. The van der Waals surface area contributed by atoms with Crippen molar-refractivity contribution in [2.24, 2.45) is 0 Å². The first-order valence-electron chi connectivity index (χ1n) is 11.8. The van der Waals surface area contributed by atoms with Gasteiger partial charge in [0.2, 0.25) is 10.0 Å². The van der Waals surface area contributed by atoms with E-state index in [0.717, 1.165) is 27.8 Å². The van der Waals surface area contributed by atoms with Crippen LogP contribution in [0.15, 0.2) is 101 Å². The van der Waals surface area contributed by atoms with Crippen molar-refractivity contribution >= 4 is 19.9 Å². The van der Waals surface area contributed by atoms with Crippen LogP contribution in [0.2, 0.25) is 0 Å². The summed E-state index contributed by atoms with van der Waals surface area (Å²) >= 11 is 0. The summed E-state index contributed by atoms with van der Waals surface area (Å²) in [6, 6.07) is 22.2. The fourth-order valence-electron chi connectivity index (χ4n) is 3.79. The maximum atomic E-state index is 13.6. The molecule has 5 nitrogen and oxygen atoms in total. The molecule has 0 unspecified atom stereocenters. The van der Waals surface area contributed by atoms with Crippen molar-refractivity contribution in [2.75, 3.05) is 5.75 Å². The van der Waals surface area contributed by atoms with E-state index < -0.39 is 19.9 Å². The molecule has 3 aromatic carbocycles. The van der Waals surface area contributed by atoms with Crippen LogP contribution in [-0.2, 0) is 33.0 Å². The van der Waals surface area contributed by atoms with E-state index in [1.165, 1.54) is 4.31 Å². The summed E-state index contributed by atoms with van der Waals surface area (Å²) in [4.78, 5) is 0.568. The number of sulfonamides is 1. The lowest BCUT2D eigenvalue weighted by Crippen LogP contribution is -2.31. The maximum Gasteiger partial charge on any atom is 0.239 e. The Hall–Kier alpha value is -3.00. The monoisotopic (exact) mass is 523 g/mol. The zero-order chi connectivity index (χ0) is 26.5. The number of aryl methyl sites for hydroxylation is 1. The number of sulfone groups is 1. The van der Waals surface area contributed by atoms with Crippen molar-refractivity contribution in [1.82, 2.24) is 4.31 Å². The van der Waals surface area contributed by atoms with Gasteiger partial charge >= 0.3 is 0 Å². The first-order chi connectivity index (χ1) is 17.0. The molecule has 0 heterocycles. The highest BCUT2D eigenvalue weighted by atomic mass is 32.2. The summed E-state index contributed by atoms with van der Waals surface area (Å²) in [5.74, 6) is 0.0414. The summed E-state index contributed by atoms with van der Waals surface area (Å²) in [7, 11) is -7.04. The summed E-state index contributed by atoms with van der Waals surface area (Å²) < 4.78 is 53.2. The van der Waals surface area contributed by atoms with Gasteiger partial charge in [0.15, 0.2) is 9.84 Å². The van der Waals surface area contributed by atoms with Crippen LogP contribution >= 0.6 is 0 Å². The quantitative estimate of drug-likeness (QED) is 0.294. The number of benzene rings is 3. The zero-order valence-electron chi connectivity index (χ0n) is 21.2. The van der Waals surface area contributed by atoms with Crippen LogP contribution in [0.4, 0.5) is 0 Å². The summed E-state index contributed by atoms with van der Waals surface area (Å²) in [6.45, 7) is 11.1. The molecule has 0 aliphatic heterocycles. The molecule has 0 atom stereocenters. The molecule has 0 aliphatic rings. The fourth-order valence-corrected chi connectivity index (χ4v) is 6.22. The van der Waals surface area contributed by atoms with E-state index in [2.05, 4.69) is 6.58 Å². The second-order valence-corrected chi connectivity index (χ2v) is 13.1. The van der Waals surface area contributed by atoms with Gasteiger partial charge in [0.1, 0.15) is 0 Å². The molecule has 0 aromatic heterocycles. The molecule has 0 saturated carbocycles. The van der Waals surface area contributed by atoms with Gasteiger partial charge in [0.25, 0.3) is 0 Å². The molecule has 0 radical (unpaired) electrons. The molecule has 190 valence electrons. The molecule has 0 bridgehead atoms. The minimum atomic E-state index is -3.74. The van der Waals surface area contributed by atoms with Crippen molar-refractivity contribution in [2.45, 2.75) is 45.7 Å². The van der Waals surface area contributed by atoms with Crippen LogP contribution in [0, 0.1) is 6.92 Å². The Kier molecular flexibility index (Phi) is 8.71. The second-order valence-electron chi connectivity index (χ2n) is 8.77. The van der Waals surface area contributed by atoms with Crippen molar-refractivity contribution in [3.05, 3.63) is 113 Å². The lowest BCUT2D eigenvalue weighted by atomic mass is 10.0. The molecular weight excluding hydrogens is 490 g/mol. The van der Waals surface area contributed by atoms with E-state index in [4.69, 9.17) is 0 Å². The molecule has 0 spiro atoms. The van der Waals surface area contributed by atoms with Crippen LogP contribution in [0.5, 0.6) is 0 Å². The number of nitrogens with zero attached hydrogens (tertiary/aromatic N) is 1. The Labute approximate surface area is 215 Å². The standard InChI is InChI=1S/C29H33NO4S2/c1-6-22(3)24(5)36(33,34)30(21-28-12-9-8-11-23(28)4)20-25-15-17-26(18-16-25)27-13-10-14-29(19-27)35(31,32)7-2/h6,8-19H,1,7,20-21H2,2-5H3. The van der Waals surface area contributed by atoms with Crippen molar-refractivity contribution in [3.63, 3.8) is 0 Å².